The van der Waals surface area contributed by atoms with Gasteiger partial charge in [-0.2, -0.15) is 0 Å². The van der Waals surface area contributed by atoms with Crippen LogP contribution in [0.4, 0.5) is 0 Å². The van der Waals surface area contributed by atoms with E-state index in [9.17, 15) is 9.59 Å². The van der Waals surface area contributed by atoms with E-state index < -0.39 is 11.9 Å². The minimum absolute atomic E-state index is 0.0144. The number of nitrogens with one attached hydrogen (secondary N) is 1. The molecule has 2 rings (SSSR count). The van der Waals surface area contributed by atoms with Crippen LogP contribution in [0.5, 0.6) is 0 Å². The molecular weight excluding hydrogens is 258 g/mol. The number of carbonyl (C=O) groups is 2. The minimum Gasteiger partial charge on any atom is -0.478 e. The second kappa shape index (κ2) is 6.49. The van der Waals surface area contributed by atoms with Crippen molar-refractivity contribution in [1.29, 1.82) is 0 Å². The van der Waals surface area contributed by atoms with Gasteiger partial charge in [0.2, 0.25) is 0 Å². The number of carboxylic acids is 1. The number of aromatic carboxylic acids is 1. The lowest BCUT2D eigenvalue weighted by atomic mass is 10.1. The van der Waals surface area contributed by atoms with Crippen LogP contribution in [0.3, 0.4) is 0 Å². The van der Waals surface area contributed by atoms with Gasteiger partial charge in [0.15, 0.2) is 0 Å². The van der Waals surface area contributed by atoms with Gasteiger partial charge in [-0.3, -0.25) is 0 Å². The van der Waals surface area contributed by atoms with E-state index in [1.54, 1.807) is 12.1 Å². The molecule has 102 valence electrons. The molecule has 20 heavy (non-hydrogen) atoms. The van der Waals surface area contributed by atoms with Crippen LogP contribution in [0, 0.1) is 0 Å². The molecule has 0 aliphatic rings. The number of hydroxylamine groups is 1. The van der Waals surface area contributed by atoms with Crippen LogP contribution in [-0.4, -0.2) is 17.0 Å². The molecule has 5 heteroatoms. The Kier molecular flexibility index (Phi) is 4.47. The van der Waals surface area contributed by atoms with Gasteiger partial charge in [-0.25, -0.2) is 9.59 Å². The summed E-state index contributed by atoms with van der Waals surface area (Å²) in [6.45, 7) is 0.349. The summed E-state index contributed by atoms with van der Waals surface area (Å²) in [6, 6.07) is 15.3. The first-order valence-electron chi connectivity index (χ1n) is 5.99. The average Bonchev–Trinajstić information content (AvgIpc) is 2.48. The van der Waals surface area contributed by atoms with Gasteiger partial charge in [0.1, 0.15) is 0 Å². The van der Waals surface area contributed by atoms with Gasteiger partial charge in [-0.05, 0) is 17.7 Å². The second-order valence-corrected chi connectivity index (χ2v) is 4.05. The van der Waals surface area contributed by atoms with Crippen LogP contribution in [-0.2, 0) is 11.4 Å². The van der Waals surface area contributed by atoms with Crippen molar-refractivity contribution < 1.29 is 19.5 Å². The van der Waals surface area contributed by atoms with Crippen LogP contribution in [0.15, 0.2) is 54.6 Å². The first-order chi connectivity index (χ1) is 9.68. The van der Waals surface area contributed by atoms with E-state index in [4.69, 9.17) is 9.94 Å². The molecule has 0 fully saturated rings. The maximum absolute atomic E-state index is 11.8. The summed E-state index contributed by atoms with van der Waals surface area (Å²) in [5.41, 5.74) is 3.40. The summed E-state index contributed by atoms with van der Waals surface area (Å²) >= 11 is 0. The third-order valence-electron chi connectivity index (χ3n) is 2.66. The lowest BCUT2D eigenvalue weighted by molar-refractivity contribution is 0.0233. The third kappa shape index (κ3) is 3.43. The number of benzene rings is 2. The first-order valence-corrected chi connectivity index (χ1v) is 5.99. The van der Waals surface area contributed by atoms with E-state index in [1.165, 1.54) is 12.1 Å². The molecule has 0 saturated carbocycles. The molecule has 0 unspecified atom stereocenters. The van der Waals surface area contributed by atoms with Crippen molar-refractivity contribution in [3.05, 3.63) is 71.3 Å². The van der Waals surface area contributed by atoms with E-state index in [-0.39, 0.29) is 11.1 Å². The van der Waals surface area contributed by atoms with Crippen molar-refractivity contribution >= 4 is 11.9 Å². The minimum atomic E-state index is -1.17. The van der Waals surface area contributed by atoms with Crippen LogP contribution in [0.1, 0.15) is 26.3 Å². The van der Waals surface area contributed by atoms with Crippen molar-refractivity contribution in [2.24, 2.45) is 0 Å². The molecule has 0 aliphatic carbocycles. The van der Waals surface area contributed by atoms with Gasteiger partial charge >= 0.3 is 11.9 Å². The molecule has 2 N–H and O–H groups in total. The molecule has 2 aromatic carbocycles. The Hall–Kier alpha value is -2.66. The Labute approximate surface area is 115 Å². The Bertz CT molecular complexity index is 610. The molecule has 0 bridgehead atoms. The predicted molar refractivity (Wildman–Crippen MR) is 72.1 cm³/mol. The number of hydrogen-bond acceptors (Lipinski definition) is 4. The first kappa shape index (κ1) is 13.8. The van der Waals surface area contributed by atoms with Crippen LogP contribution in [0.25, 0.3) is 0 Å². The molecule has 0 aromatic heterocycles. The zero-order chi connectivity index (χ0) is 14.4. The van der Waals surface area contributed by atoms with Crippen molar-refractivity contribution in [2.45, 2.75) is 6.54 Å². The van der Waals surface area contributed by atoms with Gasteiger partial charge in [0.05, 0.1) is 17.7 Å². The van der Waals surface area contributed by atoms with E-state index in [0.717, 1.165) is 5.56 Å². The SMILES string of the molecule is O=C(O)c1ccccc1C(=O)ONCc1ccccc1. The van der Waals surface area contributed by atoms with Gasteiger partial charge in [0, 0.05) is 0 Å². The third-order valence-corrected chi connectivity index (χ3v) is 2.66. The zero-order valence-corrected chi connectivity index (χ0v) is 10.6. The molecule has 0 radical (unpaired) electrons. The van der Waals surface area contributed by atoms with E-state index >= 15 is 0 Å². The molecule has 0 saturated heterocycles. The molecular formula is C15H13NO4. The Morgan fingerprint density at radius 3 is 2.20 bits per heavy atom. The summed E-state index contributed by atoms with van der Waals surface area (Å²) in [5.74, 6) is -1.89. The van der Waals surface area contributed by atoms with Crippen LogP contribution >= 0.6 is 0 Å². The summed E-state index contributed by atoms with van der Waals surface area (Å²) in [7, 11) is 0. The van der Waals surface area contributed by atoms with Crippen molar-refractivity contribution in [3.63, 3.8) is 0 Å². The van der Waals surface area contributed by atoms with E-state index in [1.807, 2.05) is 30.3 Å². The highest BCUT2D eigenvalue weighted by Crippen LogP contribution is 2.10. The van der Waals surface area contributed by atoms with Crippen molar-refractivity contribution in [2.75, 3.05) is 0 Å². The quantitative estimate of drug-likeness (QED) is 0.816. The second-order valence-electron chi connectivity index (χ2n) is 4.05. The van der Waals surface area contributed by atoms with Crippen molar-refractivity contribution in [1.82, 2.24) is 5.48 Å². The molecule has 0 heterocycles. The normalized spacial score (nSPS) is 10.0. The van der Waals surface area contributed by atoms with Crippen LogP contribution in [0.2, 0.25) is 0 Å². The average molecular weight is 271 g/mol. The van der Waals surface area contributed by atoms with Gasteiger partial charge in [0.25, 0.3) is 0 Å². The summed E-state index contributed by atoms with van der Waals surface area (Å²) < 4.78 is 0. The van der Waals surface area contributed by atoms with Gasteiger partial charge in [-0.1, -0.05) is 42.5 Å². The molecule has 0 amide bonds. The highest BCUT2D eigenvalue weighted by Gasteiger charge is 2.16. The number of carbonyl (C=O) groups excluding carboxylic acids is 1. The van der Waals surface area contributed by atoms with Crippen molar-refractivity contribution in [3.8, 4) is 0 Å². The maximum Gasteiger partial charge on any atom is 0.357 e. The van der Waals surface area contributed by atoms with Gasteiger partial charge < -0.3 is 9.94 Å². The zero-order valence-electron chi connectivity index (χ0n) is 10.6. The Morgan fingerprint density at radius 1 is 0.950 bits per heavy atom. The molecule has 5 nitrogen and oxygen atoms in total. The summed E-state index contributed by atoms with van der Waals surface area (Å²) in [6.07, 6.45) is 0. The highest BCUT2D eigenvalue weighted by molar-refractivity contribution is 6.02. The van der Waals surface area contributed by atoms with Crippen LogP contribution < -0.4 is 5.48 Å². The number of carboxylic acid groups (broad SMARTS) is 1. The predicted octanol–water partition coefficient (Wildman–Crippen LogP) is 2.25. The Balaban J connectivity index is 1.97. The largest absolute Gasteiger partial charge is 0.478 e. The fourth-order valence-corrected chi connectivity index (χ4v) is 1.68. The smallest absolute Gasteiger partial charge is 0.357 e. The van der Waals surface area contributed by atoms with Gasteiger partial charge in [-0.15, -0.1) is 5.48 Å². The van der Waals surface area contributed by atoms with E-state index in [0.29, 0.717) is 6.54 Å². The standard InChI is InChI=1S/C15H13NO4/c17-14(18)12-8-4-5-9-13(12)15(19)20-16-10-11-6-2-1-3-7-11/h1-9,16H,10H2,(H,17,18). The topological polar surface area (TPSA) is 75.6 Å². The molecule has 0 atom stereocenters. The summed E-state index contributed by atoms with van der Waals surface area (Å²) in [4.78, 5) is 27.7. The summed E-state index contributed by atoms with van der Waals surface area (Å²) in [5, 5.41) is 8.99. The lowest BCUT2D eigenvalue weighted by Gasteiger charge is -2.07. The molecule has 2 aromatic rings. The Morgan fingerprint density at radius 2 is 1.55 bits per heavy atom. The maximum atomic E-state index is 11.8. The molecule has 0 spiro atoms. The molecule has 0 aliphatic heterocycles. The number of hydrogen-bond donors (Lipinski definition) is 2. The lowest BCUT2D eigenvalue weighted by Crippen LogP contribution is -2.21. The monoisotopic (exact) mass is 271 g/mol. The highest BCUT2D eigenvalue weighted by atomic mass is 16.7. The van der Waals surface area contributed by atoms with E-state index in [2.05, 4.69) is 5.48 Å². The fraction of sp³-hybridized carbons (Fsp3) is 0.0667. The fourth-order valence-electron chi connectivity index (χ4n) is 1.68. The number of rotatable bonds is 5.